The Balaban J connectivity index is 0.850. The molecule has 10 aliphatic rings. The van der Waals surface area contributed by atoms with Gasteiger partial charge < -0.3 is 143 Å². The van der Waals surface area contributed by atoms with Crippen LogP contribution in [0.1, 0.15) is 112 Å². The minimum absolute atomic E-state index is 0.00308. The predicted molar refractivity (Wildman–Crippen MR) is 344 cm³/mol. The average Bonchev–Trinajstić information content (AvgIpc) is 0.669. The molecule has 5 aliphatic heterocycles. The molecular weight excluding hydrogens is 1350 g/mol. The lowest BCUT2D eigenvalue weighted by atomic mass is 9.33. The van der Waals surface area contributed by atoms with E-state index in [1.54, 1.807) is 18.2 Å². The average molecular weight is 1460 g/mol. The van der Waals surface area contributed by atoms with Gasteiger partial charge in [-0.25, -0.2) is 4.79 Å². The fourth-order valence-electron chi connectivity index (χ4n) is 19.3. The van der Waals surface area contributed by atoms with E-state index in [1.807, 2.05) is 6.92 Å². The molecule has 102 heavy (non-hydrogen) atoms. The monoisotopic (exact) mass is 1460 g/mol. The van der Waals surface area contributed by atoms with Crippen LogP contribution in [-0.4, -0.2) is 300 Å². The van der Waals surface area contributed by atoms with Gasteiger partial charge in [-0.3, -0.25) is 9.59 Å². The van der Waals surface area contributed by atoms with Crippen LogP contribution in [-0.2, 0) is 66.5 Å². The number of aliphatic carboxylic acids is 1. The SMILES string of the molecule is COc1ccc(/C=C/C(=O)O[C@@H]2[C@@H](O)[C@@H](O[C@@H]3O[C@H](C)[C@H](O[C@@H]4OC[C@@H](O[C@@H]5O[C@H](CO)[C@@H](O)[C@H](O)[C@H]5O)[C@H](O)[C@H]4O)[C@@H](O)[C@H]3O)[C@H](OC(=O)[C@]34CCC(C)(C)C[C@H]3C3=CC[C@@H]5[C@@]6(C)C[C@H](O)[C@H](O[C@@H]7O[C@H](CO)[C@@H](O)[C@H](O)[C@H]7O)[C@](C)(C(=O)O)[C@@H]6CC[C@@]5(C)[C@]3(CO)CC4)O[C@@H]2C)cc1OC. The van der Waals surface area contributed by atoms with Gasteiger partial charge in [-0.15, -0.1) is 0 Å². The van der Waals surface area contributed by atoms with Gasteiger partial charge in [0, 0.05) is 11.5 Å². The zero-order valence-electron chi connectivity index (χ0n) is 58.6. The van der Waals surface area contributed by atoms with Gasteiger partial charge in [0.1, 0.15) is 97.7 Å². The summed E-state index contributed by atoms with van der Waals surface area (Å²) in [6, 6.07) is 4.88. The third-order valence-corrected chi connectivity index (χ3v) is 25.2. The minimum atomic E-state index is -2.08. The second-order valence-corrected chi connectivity index (χ2v) is 31.3. The van der Waals surface area contributed by atoms with Crippen LogP contribution in [0.15, 0.2) is 35.9 Å². The number of carbonyl (C=O) groups is 3. The summed E-state index contributed by atoms with van der Waals surface area (Å²) in [4.78, 5) is 43.6. The summed E-state index contributed by atoms with van der Waals surface area (Å²) < 4.78 is 76.7. The van der Waals surface area contributed by atoms with Gasteiger partial charge in [-0.05, 0) is 136 Å². The number of fused-ring (bicyclic) bond motifs is 7. The standard InChI is InChI=1S/C70H104O32/c1-29-54(99-58-49(82)45(78)39(27-92-58)97-60-50(83)46(79)43(76)37(25-71)95-60)48(81)52(85)59(93-29)100-56-53(86)55(98-42(75)15-11-31-10-13-35(90-8)36(22-31)91-9)30(2)94-62(56)102-64(89)69-19-18-65(3,4)23-33(69)32-12-14-40-66(5)24-34(74)57(101-61-51(84)47(80)44(77)38(26-72)96-61)68(7,63(87)88)41(66)16-17-67(40,6)70(32,28-73)21-20-69/h10-13,15,22,29-30,33-34,37-41,43-62,71-74,76-86H,14,16-21,23-28H2,1-9H3,(H,87,88)/b15-11+/t29-,30-,33+,34+,37-,38-,39-,40-,41-,43-,44-,45+,46+,47+,48+,49-,50-,51-,52-,53-,54+,55+,56-,57+,58+,59+,60+,61+,62+,66-,67-,68-,69+,70+/m1/s1. The number of ether oxygens (including phenoxy) is 13. The molecule has 1 aromatic rings. The summed E-state index contributed by atoms with van der Waals surface area (Å²) in [6.07, 6.45) is -37.1. The first-order valence-electron chi connectivity index (χ1n) is 35.2. The van der Waals surface area contributed by atoms with E-state index >= 15 is 4.79 Å². The first-order chi connectivity index (χ1) is 48.0. The number of esters is 2. The third kappa shape index (κ3) is 13.6. The first-order valence-corrected chi connectivity index (χ1v) is 35.2. The quantitative estimate of drug-likeness (QED) is 0.0302. The molecule has 0 bridgehead atoms. The zero-order chi connectivity index (χ0) is 74.4. The fourth-order valence-corrected chi connectivity index (χ4v) is 19.3. The molecule has 9 fully saturated rings. The van der Waals surface area contributed by atoms with E-state index in [0.717, 1.165) is 11.6 Å². The molecule has 16 N–H and O–H groups in total. The second-order valence-electron chi connectivity index (χ2n) is 31.3. The summed E-state index contributed by atoms with van der Waals surface area (Å²) in [7, 11) is 2.90. The number of benzene rings is 1. The van der Waals surface area contributed by atoms with Gasteiger partial charge in [-0.1, -0.05) is 45.4 Å². The van der Waals surface area contributed by atoms with E-state index in [2.05, 4.69) is 26.8 Å². The molecule has 4 saturated carbocycles. The van der Waals surface area contributed by atoms with Crippen molar-refractivity contribution in [2.24, 2.45) is 50.2 Å². The molecule has 32 nitrogen and oxygen atoms in total. The number of allylic oxidation sites excluding steroid dienone is 1. The number of carboxylic acid groups (broad SMARTS) is 1. The molecule has 5 aliphatic carbocycles. The Labute approximate surface area is 589 Å². The molecule has 0 spiro atoms. The number of hydrogen-bond acceptors (Lipinski definition) is 31. The Hall–Kier alpha value is -4.25. The molecule has 0 radical (unpaired) electrons. The van der Waals surface area contributed by atoms with Gasteiger partial charge in [0.2, 0.25) is 6.29 Å². The highest BCUT2D eigenvalue weighted by molar-refractivity contribution is 5.87. The van der Waals surface area contributed by atoms with Crippen LogP contribution in [0.4, 0.5) is 0 Å². The van der Waals surface area contributed by atoms with Crippen LogP contribution >= 0.6 is 0 Å². The van der Waals surface area contributed by atoms with Crippen LogP contribution in [0.3, 0.4) is 0 Å². The van der Waals surface area contributed by atoms with Gasteiger partial charge in [0.25, 0.3) is 0 Å². The van der Waals surface area contributed by atoms with Crippen molar-refractivity contribution in [1.29, 1.82) is 0 Å². The van der Waals surface area contributed by atoms with Crippen molar-refractivity contribution in [3.8, 4) is 11.5 Å². The molecular formula is C70H104O32. The highest BCUT2D eigenvalue weighted by Gasteiger charge is 2.74. The third-order valence-electron chi connectivity index (χ3n) is 25.2. The number of aliphatic hydroxyl groups is 15. The van der Waals surface area contributed by atoms with E-state index < -0.39 is 236 Å². The molecule has 576 valence electrons. The smallest absolute Gasteiger partial charge is 0.331 e. The van der Waals surface area contributed by atoms with Crippen molar-refractivity contribution in [1.82, 2.24) is 0 Å². The largest absolute Gasteiger partial charge is 0.493 e. The van der Waals surface area contributed by atoms with E-state index in [9.17, 15) is 91.3 Å². The fraction of sp³-hybridized carbons (Fsp3) is 0.814. The summed E-state index contributed by atoms with van der Waals surface area (Å²) in [5, 5.41) is 178. The molecule has 11 rings (SSSR count). The van der Waals surface area contributed by atoms with Crippen molar-refractivity contribution in [3.05, 3.63) is 41.5 Å². The Kier molecular flexibility index (Phi) is 23.2. The first kappa shape index (κ1) is 78.8. The molecule has 1 aromatic carbocycles. The molecule has 0 unspecified atom stereocenters. The van der Waals surface area contributed by atoms with E-state index in [-0.39, 0.29) is 50.0 Å². The summed E-state index contributed by atoms with van der Waals surface area (Å²) >= 11 is 0. The summed E-state index contributed by atoms with van der Waals surface area (Å²) in [6.45, 7) is 10.1. The lowest BCUT2D eigenvalue weighted by Gasteiger charge is -2.71. The maximum Gasteiger partial charge on any atom is 0.331 e. The molecule has 0 aromatic heterocycles. The van der Waals surface area contributed by atoms with Crippen LogP contribution in [0.2, 0.25) is 0 Å². The van der Waals surface area contributed by atoms with E-state index in [1.165, 1.54) is 41.1 Å². The number of hydrogen-bond donors (Lipinski definition) is 16. The molecule has 34 atom stereocenters. The Morgan fingerprint density at radius 1 is 0.578 bits per heavy atom. The molecule has 32 heteroatoms. The van der Waals surface area contributed by atoms with Crippen LogP contribution < -0.4 is 9.47 Å². The van der Waals surface area contributed by atoms with Crippen molar-refractivity contribution >= 4 is 24.0 Å². The number of carbonyl (C=O) groups excluding carboxylic acids is 2. The van der Waals surface area contributed by atoms with E-state index in [4.69, 9.17) is 61.6 Å². The van der Waals surface area contributed by atoms with Crippen molar-refractivity contribution in [2.45, 2.75) is 266 Å². The van der Waals surface area contributed by atoms with Gasteiger partial charge in [0.15, 0.2) is 48.9 Å². The highest BCUT2D eigenvalue weighted by atomic mass is 16.8. The maximum atomic E-state index is 15.9. The molecule has 5 heterocycles. The lowest BCUT2D eigenvalue weighted by molar-refractivity contribution is -0.378. The Morgan fingerprint density at radius 3 is 1.77 bits per heavy atom. The van der Waals surface area contributed by atoms with Crippen molar-refractivity contribution < 1.29 is 158 Å². The van der Waals surface area contributed by atoms with Gasteiger partial charge >= 0.3 is 17.9 Å². The zero-order valence-corrected chi connectivity index (χ0v) is 58.6. The number of aliphatic hydroxyl groups excluding tert-OH is 15. The summed E-state index contributed by atoms with van der Waals surface area (Å²) in [5.41, 5.74) is -5.03. The van der Waals surface area contributed by atoms with Crippen LogP contribution in [0, 0.1) is 50.2 Å². The topological polar surface area (TPSA) is 495 Å². The predicted octanol–water partition coefficient (Wildman–Crippen LogP) is -2.23. The van der Waals surface area contributed by atoms with Crippen molar-refractivity contribution in [2.75, 3.05) is 40.6 Å². The van der Waals surface area contributed by atoms with Crippen molar-refractivity contribution in [3.63, 3.8) is 0 Å². The highest BCUT2D eigenvalue weighted by Crippen LogP contribution is 2.76. The van der Waals surface area contributed by atoms with Crippen LogP contribution in [0.25, 0.3) is 6.08 Å². The Morgan fingerprint density at radius 2 is 1.16 bits per heavy atom. The maximum absolute atomic E-state index is 15.9. The number of rotatable bonds is 19. The van der Waals surface area contributed by atoms with Crippen LogP contribution in [0.5, 0.6) is 11.5 Å². The molecule has 5 saturated heterocycles. The summed E-state index contributed by atoms with van der Waals surface area (Å²) in [5.74, 6) is -3.91. The van der Waals surface area contributed by atoms with Gasteiger partial charge in [-0.2, -0.15) is 0 Å². The lowest BCUT2D eigenvalue weighted by Crippen LogP contribution is -2.71. The van der Waals surface area contributed by atoms with E-state index in [0.29, 0.717) is 42.7 Å². The Bertz CT molecular complexity index is 3190. The number of methoxy groups -OCH3 is 2. The van der Waals surface area contributed by atoms with Gasteiger partial charge in [0.05, 0.1) is 69.8 Å². The minimum Gasteiger partial charge on any atom is -0.493 e. The number of carboxylic acids is 1. The molecule has 0 amide bonds. The second kappa shape index (κ2) is 30.1. The normalized spacial score (nSPS) is 48.6.